The Kier molecular flexibility index (Phi) is 2.86. The maximum Gasteiger partial charge on any atom is 0.0386 e. The van der Waals surface area contributed by atoms with Crippen LogP contribution in [0.25, 0.3) is 0 Å². The Morgan fingerprint density at radius 2 is 2.10 bits per heavy atom. The van der Waals surface area contributed by atoms with Crippen LogP contribution in [0.4, 0.5) is 0 Å². The van der Waals surface area contributed by atoms with Crippen LogP contribution in [0.1, 0.15) is 13.8 Å². The summed E-state index contributed by atoms with van der Waals surface area (Å²) in [6.07, 6.45) is 0. The molecule has 10 heavy (non-hydrogen) atoms. The van der Waals surface area contributed by atoms with Gasteiger partial charge in [-0.25, -0.2) is 0 Å². The minimum atomic E-state index is -0.580. The zero-order chi connectivity index (χ0) is 7.56. The van der Waals surface area contributed by atoms with Crippen LogP contribution in [-0.2, 0) is 10.8 Å². The third kappa shape index (κ3) is 2.39. The van der Waals surface area contributed by atoms with E-state index in [4.69, 9.17) is 0 Å². The lowest BCUT2D eigenvalue weighted by Crippen LogP contribution is -2.30. The van der Waals surface area contributed by atoms with Crippen molar-refractivity contribution >= 4 is 10.8 Å². The van der Waals surface area contributed by atoms with Gasteiger partial charge < -0.3 is 5.32 Å². The summed E-state index contributed by atoms with van der Waals surface area (Å²) in [5, 5.41) is 3.33. The Hall–Kier alpha value is 0.110. The van der Waals surface area contributed by atoms with Crippen LogP contribution >= 0.6 is 0 Å². The molecule has 1 N–H and O–H groups in total. The van der Waals surface area contributed by atoms with Crippen LogP contribution in [0.2, 0.25) is 0 Å². The van der Waals surface area contributed by atoms with Gasteiger partial charge in [-0.1, -0.05) is 6.92 Å². The second kappa shape index (κ2) is 3.49. The minimum absolute atomic E-state index is 0.436. The molecular weight excluding hydrogens is 146 g/mol. The predicted molar refractivity (Wildman–Crippen MR) is 44.5 cm³/mol. The average molecular weight is 161 g/mol. The molecule has 3 heteroatoms. The molecule has 0 amide bonds. The Morgan fingerprint density at radius 3 is 2.80 bits per heavy atom. The summed E-state index contributed by atoms with van der Waals surface area (Å²) in [5.74, 6) is 2.27. The molecule has 0 aromatic carbocycles. The van der Waals surface area contributed by atoms with E-state index < -0.39 is 10.8 Å². The summed E-state index contributed by atoms with van der Waals surface area (Å²) in [6.45, 7) is 5.26. The first kappa shape index (κ1) is 8.21. The van der Waals surface area contributed by atoms with Crippen molar-refractivity contribution in [1.82, 2.24) is 5.32 Å². The summed E-state index contributed by atoms with van der Waals surface area (Å²) < 4.78 is 11.2. The van der Waals surface area contributed by atoms with Gasteiger partial charge in [0.1, 0.15) is 0 Å². The second-order valence-electron chi connectivity index (χ2n) is 3.19. The first-order valence-corrected chi connectivity index (χ1v) is 5.25. The fraction of sp³-hybridized carbons (Fsp3) is 1.00. The van der Waals surface area contributed by atoms with Crippen LogP contribution in [0.5, 0.6) is 0 Å². The van der Waals surface area contributed by atoms with E-state index in [2.05, 4.69) is 19.2 Å². The molecule has 1 heterocycles. The van der Waals surface area contributed by atoms with Crippen molar-refractivity contribution in [2.75, 3.05) is 18.1 Å². The molecule has 1 rings (SSSR count). The lowest BCUT2D eigenvalue weighted by Gasteiger charge is -2.07. The molecule has 0 aliphatic carbocycles. The van der Waals surface area contributed by atoms with E-state index in [9.17, 15) is 4.21 Å². The van der Waals surface area contributed by atoms with Gasteiger partial charge in [0.25, 0.3) is 0 Å². The van der Waals surface area contributed by atoms with Gasteiger partial charge in [0.05, 0.1) is 0 Å². The van der Waals surface area contributed by atoms with E-state index in [-0.39, 0.29) is 0 Å². The zero-order valence-corrected chi connectivity index (χ0v) is 7.41. The quantitative estimate of drug-likeness (QED) is 0.556. The van der Waals surface area contributed by atoms with Gasteiger partial charge >= 0.3 is 0 Å². The van der Waals surface area contributed by atoms with E-state index in [1.165, 1.54) is 0 Å². The molecule has 60 valence electrons. The smallest absolute Gasteiger partial charge is 0.0386 e. The number of hydrogen-bond donors (Lipinski definition) is 1. The molecule has 3 atom stereocenters. The van der Waals surface area contributed by atoms with Crippen molar-refractivity contribution < 1.29 is 4.21 Å². The van der Waals surface area contributed by atoms with Crippen molar-refractivity contribution in [2.24, 2.45) is 5.92 Å². The first-order chi connectivity index (χ1) is 4.68. The third-order valence-corrected chi connectivity index (χ3v) is 3.53. The van der Waals surface area contributed by atoms with Crippen LogP contribution < -0.4 is 5.32 Å². The summed E-state index contributed by atoms with van der Waals surface area (Å²) in [5.41, 5.74) is 0. The van der Waals surface area contributed by atoms with E-state index in [1.807, 2.05) is 0 Å². The molecule has 0 radical (unpaired) electrons. The SMILES string of the molecule is CC1CNC(C)CS(=O)C1. The molecular formula is C7H15NOS. The Morgan fingerprint density at radius 1 is 1.40 bits per heavy atom. The van der Waals surface area contributed by atoms with Crippen LogP contribution in [0.15, 0.2) is 0 Å². The van der Waals surface area contributed by atoms with Gasteiger partial charge in [-0.05, 0) is 19.4 Å². The fourth-order valence-corrected chi connectivity index (χ4v) is 2.75. The molecule has 1 saturated heterocycles. The number of hydrogen-bond acceptors (Lipinski definition) is 2. The van der Waals surface area contributed by atoms with Gasteiger partial charge in [0, 0.05) is 28.3 Å². The topological polar surface area (TPSA) is 29.1 Å². The van der Waals surface area contributed by atoms with Crippen molar-refractivity contribution in [3.8, 4) is 0 Å². The van der Waals surface area contributed by atoms with Gasteiger partial charge in [0.15, 0.2) is 0 Å². The fourth-order valence-electron chi connectivity index (χ4n) is 1.18. The molecule has 1 aliphatic heterocycles. The van der Waals surface area contributed by atoms with E-state index in [0.717, 1.165) is 18.1 Å². The summed E-state index contributed by atoms with van der Waals surface area (Å²) in [7, 11) is -0.580. The zero-order valence-electron chi connectivity index (χ0n) is 6.59. The van der Waals surface area contributed by atoms with Gasteiger partial charge in [0.2, 0.25) is 0 Å². The highest BCUT2D eigenvalue weighted by atomic mass is 32.2. The molecule has 0 aromatic rings. The number of nitrogens with one attached hydrogen (secondary N) is 1. The lowest BCUT2D eigenvalue weighted by atomic mass is 10.2. The first-order valence-electron chi connectivity index (χ1n) is 3.77. The number of rotatable bonds is 0. The highest BCUT2D eigenvalue weighted by molar-refractivity contribution is 7.85. The lowest BCUT2D eigenvalue weighted by molar-refractivity contribution is 0.526. The molecule has 2 nitrogen and oxygen atoms in total. The molecule has 0 aromatic heterocycles. The average Bonchev–Trinajstić information content (AvgIpc) is 1.93. The Bertz CT molecular complexity index is 124. The summed E-state index contributed by atoms with van der Waals surface area (Å²) >= 11 is 0. The maximum atomic E-state index is 11.2. The summed E-state index contributed by atoms with van der Waals surface area (Å²) in [6, 6.07) is 0.436. The van der Waals surface area contributed by atoms with E-state index in [0.29, 0.717) is 12.0 Å². The second-order valence-corrected chi connectivity index (χ2v) is 4.73. The third-order valence-electron chi connectivity index (χ3n) is 1.72. The van der Waals surface area contributed by atoms with Crippen molar-refractivity contribution in [3.05, 3.63) is 0 Å². The maximum absolute atomic E-state index is 11.2. The van der Waals surface area contributed by atoms with Crippen LogP contribution in [0, 0.1) is 5.92 Å². The molecule has 0 spiro atoms. The standard InChI is InChI=1S/C7H15NOS/c1-6-3-8-7(2)5-10(9)4-6/h6-8H,3-5H2,1-2H3. The van der Waals surface area contributed by atoms with Crippen molar-refractivity contribution in [2.45, 2.75) is 19.9 Å². The Labute approximate surface area is 64.8 Å². The Balaban J connectivity index is 2.46. The van der Waals surface area contributed by atoms with Gasteiger partial charge in [-0.15, -0.1) is 0 Å². The monoisotopic (exact) mass is 161 g/mol. The van der Waals surface area contributed by atoms with Gasteiger partial charge in [-0.3, -0.25) is 4.21 Å². The predicted octanol–water partition coefficient (Wildman–Crippen LogP) is 0.363. The highest BCUT2D eigenvalue weighted by Gasteiger charge is 2.16. The van der Waals surface area contributed by atoms with E-state index in [1.54, 1.807) is 0 Å². The van der Waals surface area contributed by atoms with Crippen molar-refractivity contribution in [3.63, 3.8) is 0 Å². The normalized spacial score (nSPS) is 42.8. The van der Waals surface area contributed by atoms with Gasteiger partial charge in [-0.2, -0.15) is 0 Å². The largest absolute Gasteiger partial charge is 0.313 e. The molecule has 0 bridgehead atoms. The summed E-state index contributed by atoms with van der Waals surface area (Å²) in [4.78, 5) is 0. The van der Waals surface area contributed by atoms with Crippen molar-refractivity contribution in [1.29, 1.82) is 0 Å². The van der Waals surface area contributed by atoms with Crippen LogP contribution in [0.3, 0.4) is 0 Å². The molecule has 1 aliphatic rings. The van der Waals surface area contributed by atoms with Crippen LogP contribution in [-0.4, -0.2) is 28.3 Å². The molecule has 1 fully saturated rings. The highest BCUT2D eigenvalue weighted by Crippen LogP contribution is 2.03. The van der Waals surface area contributed by atoms with E-state index >= 15 is 0 Å². The minimum Gasteiger partial charge on any atom is -0.313 e. The molecule has 0 saturated carbocycles. The molecule has 3 unspecified atom stereocenters.